The van der Waals surface area contributed by atoms with Crippen LogP contribution in [0, 0.1) is 5.92 Å². The first-order chi connectivity index (χ1) is 9.56. The highest BCUT2D eigenvalue weighted by molar-refractivity contribution is 5.78. The van der Waals surface area contributed by atoms with E-state index in [1.807, 2.05) is 18.7 Å². The largest absolute Gasteiger partial charge is 0.353 e. The Labute approximate surface area is 121 Å². The molecular formula is C15H27N3O2. The van der Waals surface area contributed by atoms with Gasteiger partial charge in [0, 0.05) is 31.1 Å². The van der Waals surface area contributed by atoms with Crippen LogP contribution in [0.3, 0.4) is 0 Å². The van der Waals surface area contributed by atoms with E-state index in [0.29, 0.717) is 6.04 Å². The summed E-state index contributed by atoms with van der Waals surface area (Å²) in [7, 11) is 0. The van der Waals surface area contributed by atoms with Crippen molar-refractivity contribution >= 4 is 11.9 Å². The molecule has 5 heteroatoms. The predicted molar refractivity (Wildman–Crippen MR) is 78.4 cm³/mol. The summed E-state index contributed by atoms with van der Waals surface area (Å²) < 4.78 is 0. The summed E-state index contributed by atoms with van der Waals surface area (Å²) in [5.74, 6) is 0.137. The highest BCUT2D eigenvalue weighted by atomic mass is 16.2. The van der Waals surface area contributed by atoms with E-state index >= 15 is 0 Å². The minimum Gasteiger partial charge on any atom is -0.353 e. The Morgan fingerprint density at radius 1 is 0.950 bits per heavy atom. The van der Waals surface area contributed by atoms with Crippen LogP contribution < -0.4 is 10.6 Å². The lowest BCUT2D eigenvalue weighted by Gasteiger charge is -2.33. The monoisotopic (exact) mass is 281 g/mol. The number of hydrogen-bond acceptors (Lipinski definition) is 2. The summed E-state index contributed by atoms with van der Waals surface area (Å²) in [4.78, 5) is 25.7. The van der Waals surface area contributed by atoms with Crippen LogP contribution >= 0.6 is 0 Å². The topological polar surface area (TPSA) is 61.4 Å². The molecule has 2 fully saturated rings. The quantitative estimate of drug-likeness (QED) is 0.829. The van der Waals surface area contributed by atoms with Crippen molar-refractivity contribution in [2.75, 3.05) is 13.1 Å². The van der Waals surface area contributed by atoms with Gasteiger partial charge in [-0.25, -0.2) is 4.79 Å². The fraction of sp³-hybridized carbons (Fsp3) is 0.867. The Hall–Kier alpha value is -1.26. The zero-order chi connectivity index (χ0) is 14.5. The molecule has 3 amide bonds. The Bertz CT molecular complexity index is 343. The number of urea groups is 1. The summed E-state index contributed by atoms with van der Waals surface area (Å²) in [6.45, 7) is 5.28. The van der Waals surface area contributed by atoms with Crippen molar-refractivity contribution in [1.29, 1.82) is 0 Å². The standard InChI is InChI=1S/C15H27N3O2/c1-11(2)14(19)16-13-7-9-18(10-8-13)15(20)17-12-5-3-4-6-12/h11-13H,3-10H2,1-2H3,(H,16,19)(H,17,20). The van der Waals surface area contributed by atoms with Crippen LogP contribution in [0.2, 0.25) is 0 Å². The molecule has 0 aromatic carbocycles. The molecule has 0 spiro atoms. The van der Waals surface area contributed by atoms with Gasteiger partial charge in [-0.05, 0) is 25.7 Å². The van der Waals surface area contributed by atoms with Crippen molar-refractivity contribution in [3.05, 3.63) is 0 Å². The highest BCUT2D eigenvalue weighted by Crippen LogP contribution is 2.18. The van der Waals surface area contributed by atoms with Crippen LogP contribution in [-0.2, 0) is 4.79 Å². The summed E-state index contributed by atoms with van der Waals surface area (Å²) in [5, 5.41) is 6.18. The van der Waals surface area contributed by atoms with Crippen LogP contribution in [0.1, 0.15) is 52.4 Å². The molecule has 0 bridgehead atoms. The lowest BCUT2D eigenvalue weighted by atomic mass is 10.0. The summed E-state index contributed by atoms with van der Waals surface area (Å²) in [6.07, 6.45) is 6.41. The molecule has 1 aliphatic carbocycles. The SMILES string of the molecule is CC(C)C(=O)NC1CCN(C(=O)NC2CCCC2)CC1. The van der Waals surface area contributed by atoms with E-state index < -0.39 is 0 Å². The van der Waals surface area contributed by atoms with Gasteiger partial charge in [0.2, 0.25) is 5.91 Å². The number of rotatable bonds is 3. The number of carbonyl (C=O) groups excluding carboxylic acids is 2. The number of likely N-dealkylation sites (tertiary alicyclic amines) is 1. The van der Waals surface area contributed by atoms with E-state index in [2.05, 4.69) is 10.6 Å². The Morgan fingerprint density at radius 2 is 1.50 bits per heavy atom. The fourth-order valence-electron chi connectivity index (χ4n) is 2.93. The van der Waals surface area contributed by atoms with Crippen LogP contribution in [0.15, 0.2) is 0 Å². The van der Waals surface area contributed by atoms with E-state index in [9.17, 15) is 9.59 Å². The second-order valence-electron chi connectivity index (χ2n) is 6.36. The molecule has 0 atom stereocenters. The molecule has 2 rings (SSSR count). The Morgan fingerprint density at radius 3 is 2.05 bits per heavy atom. The molecule has 1 saturated carbocycles. The second kappa shape index (κ2) is 6.95. The molecule has 0 aromatic rings. The average molecular weight is 281 g/mol. The number of carbonyl (C=O) groups is 2. The van der Waals surface area contributed by atoms with Crippen LogP contribution in [0.25, 0.3) is 0 Å². The molecular weight excluding hydrogens is 254 g/mol. The van der Waals surface area contributed by atoms with E-state index in [0.717, 1.165) is 38.8 Å². The van der Waals surface area contributed by atoms with Crippen LogP contribution in [0.5, 0.6) is 0 Å². The summed E-state index contributed by atoms with van der Waals surface area (Å²) >= 11 is 0. The van der Waals surface area contributed by atoms with Gasteiger partial charge in [0.1, 0.15) is 0 Å². The lowest BCUT2D eigenvalue weighted by molar-refractivity contribution is -0.124. The first-order valence-electron chi connectivity index (χ1n) is 7.92. The van der Waals surface area contributed by atoms with Crippen molar-refractivity contribution in [3.8, 4) is 0 Å². The van der Waals surface area contributed by atoms with Gasteiger partial charge in [0.15, 0.2) is 0 Å². The molecule has 1 saturated heterocycles. The fourth-order valence-corrected chi connectivity index (χ4v) is 2.93. The van der Waals surface area contributed by atoms with E-state index in [4.69, 9.17) is 0 Å². The van der Waals surface area contributed by atoms with Crippen molar-refractivity contribution in [3.63, 3.8) is 0 Å². The average Bonchev–Trinajstić information content (AvgIpc) is 2.92. The molecule has 1 aliphatic heterocycles. The van der Waals surface area contributed by atoms with Gasteiger partial charge >= 0.3 is 6.03 Å². The maximum absolute atomic E-state index is 12.1. The van der Waals surface area contributed by atoms with Crippen molar-refractivity contribution < 1.29 is 9.59 Å². The third-order valence-electron chi connectivity index (χ3n) is 4.34. The first-order valence-corrected chi connectivity index (χ1v) is 7.92. The minimum atomic E-state index is 0.0266. The second-order valence-corrected chi connectivity index (χ2v) is 6.36. The first kappa shape index (κ1) is 15.1. The zero-order valence-electron chi connectivity index (χ0n) is 12.7. The Kier molecular flexibility index (Phi) is 5.26. The third kappa shape index (κ3) is 4.12. The normalized spacial score (nSPS) is 21.2. The Balaban J connectivity index is 1.70. The van der Waals surface area contributed by atoms with Gasteiger partial charge in [0.25, 0.3) is 0 Å². The van der Waals surface area contributed by atoms with E-state index in [1.54, 1.807) is 0 Å². The smallest absolute Gasteiger partial charge is 0.317 e. The van der Waals surface area contributed by atoms with Crippen molar-refractivity contribution in [2.24, 2.45) is 5.92 Å². The highest BCUT2D eigenvalue weighted by Gasteiger charge is 2.26. The van der Waals surface area contributed by atoms with Gasteiger partial charge < -0.3 is 15.5 Å². The van der Waals surface area contributed by atoms with Crippen molar-refractivity contribution in [1.82, 2.24) is 15.5 Å². The van der Waals surface area contributed by atoms with Gasteiger partial charge in [0.05, 0.1) is 0 Å². The summed E-state index contributed by atoms with van der Waals surface area (Å²) in [5.41, 5.74) is 0. The maximum Gasteiger partial charge on any atom is 0.317 e. The number of amides is 3. The summed E-state index contributed by atoms with van der Waals surface area (Å²) in [6, 6.07) is 0.673. The third-order valence-corrected chi connectivity index (χ3v) is 4.34. The van der Waals surface area contributed by atoms with Crippen LogP contribution in [-0.4, -0.2) is 42.0 Å². The molecule has 0 unspecified atom stereocenters. The minimum absolute atomic E-state index is 0.0266. The van der Waals surface area contributed by atoms with E-state index in [-0.39, 0.29) is 23.9 Å². The maximum atomic E-state index is 12.1. The number of piperidine rings is 1. The molecule has 0 radical (unpaired) electrons. The van der Waals surface area contributed by atoms with Gasteiger partial charge in [-0.3, -0.25) is 4.79 Å². The molecule has 20 heavy (non-hydrogen) atoms. The van der Waals surface area contributed by atoms with Crippen molar-refractivity contribution in [2.45, 2.75) is 64.5 Å². The zero-order valence-corrected chi connectivity index (χ0v) is 12.7. The number of hydrogen-bond donors (Lipinski definition) is 2. The molecule has 0 aromatic heterocycles. The molecule has 2 aliphatic rings. The van der Waals surface area contributed by atoms with Gasteiger partial charge in [-0.1, -0.05) is 26.7 Å². The van der Waals surface area contributed by atoms with Gasteiger partial charge in [-0.15, -0.1) is 0 Å². The van der Waals surface area contributed by atoms with Crippen LogP contribution in [0.4, 0.5) is 4.79 Å². The molecule has 114 valence electrons. The molecule has 1 heterocycles. The van der Waals surface area contributed by atoms with Gasteiger partial charge in [-0.2, -0.15) is 0 Å². The van der Waals surface area contributed by atoms with E-state index in [1.165, 1.54) is 12.8 Å². The predicted octanol–water partition coefficient (Wildman–Crippen LogP) is 1.88. The lowest BCUT2D eigenvalue weighted by Crippen LogP contribution is -2.51. The molecule has 2 N–H and O–H groups in total. The number of nitrogens with zero attached hydrogens (tertiary/aromatic N) is 1. The number of nitrogens with one attached hydrogen (secondary N) is 2. The molecule has 5 nitrogen and oxygen atoms in total.